The summed E-state index contributed by atoms with van der Waals surface area (Å²) in [6.45, 7) is 3.65. The first-order valence-electron chi connectivity index (χ1n) is 4.95. The number of halogens is 1. The molecule has 0 saturated carbocycles. The molecule has 0 fully saturated rings. The zero-order chi connectivity index (χ0) is 11.1. The van der Waals surface area contributed by atoms with Gasteiger partial charge in [0, 0.05) is 25.2 Å². The van der Waals surface area contributed by atoms with Crippen molar-refractivity contribution < 1.29 is 0 Å². The van der Waals surface area contributed by atoms with Crippen molar-refractivity contribution >= 4 is 17.6 Å². The van der Waals surface area contributed by atoms with Crippen molar-refractivity contribution in [3.05, 3.63) is 34.9 Å². The zero-order valence-corrected chi connectivity index (χ0v) is 9.80. The minimum absolute atomic E-state index is 0.747. The molecule has 1 aromatic rings. The first-order chi connectivity index (χ1) is 7.26. The van der Waals surface area contributed by atoms with Gasteiger partial charge >= 0.3 is 0 Å². The monoisotopic (exact) mass is 225 g/mol. The lowest BCUT2D eigenvalue weighted by Crippen LogP contribution is -2.36. The lowest BCUT2D eigenvalue weighted by atomic mass is 10.2. The van der Waals surface area contributed by atoms with Gasteiger partial charge in [0.25, 0.3) is 0 Å². The van der Waals surface area contributed by atoms with Crippen LogP contribution in [0.25, 0.3) is 0 Å². The fraction of sp³-hybridized carbons (Fsp3) is 0.364. The molecule has 3 nitrogen and oxygen atoms in total. The predicted octanol–water partition coefficient (Wildman–Crippen LogP) is 2.02. The summed E-state index contributed by atoms with van der Waals surface area (Å²) in [6.07, 6.45) is 0. The molecule has 0 unspecified atom stereocenters. The van der Waals surface area contributed by atoms with Crippen molar-refractivity contribution in [3.63, 3.8) is 0 Å². The standard InChI is InChI=1S/C11H16ClN3/c1-3-14-11(13-2)15-8-9-4-6-10(12)7-5-9/h4-7H,3,8H2,1-2H3,(H2,13,14,15). The summed E-state index contributed by atoms with van der Waals surface area (Å²) in [5, 5.41) is 7.09. The fourth-order valence-corrected chi connectivity index (χ4v) is 1.30. The van der Waals surface area contributed by atoms with Crippen LogP contribution < -0.4 is 10.6 Å². The van der Waals surface area contributed by atoms with Crippen molar-refractivity contribution in [2.45, 2.75) is 13.5 Å². The Morgan fingerprint density at radius 2 is 1.93 bits per heavy atom. The van der Waals surface area contributed by atoms with E-state index in [0.717, 1.165) is 24.1 Å². The van der Waals surface area contributed by atoms with E-state index in [9.17, 15) is 0 Å². The molecule has 0 bridgehead atoms. The molecule has 0 atom stereocenters. The zero-order valence-electron chi connectivity index (χ0n) is 9.05. The Bertz CT molecular complexity index is 319. The van der Waals surface area contributed by atoms with Crippen molar-refractivity contribution in [2.24, 2.45) is 4.99 Å². The minimum Gasteiger partial charge on any atom is -0.357 e. The second kappa shape index (κ2) is 6.30. The van der Waals surface area contributed by atoms with Gasteiger partial charge in [-0.15, -0.1) is 0 Å². The van der Waals surface area contributed by atoms with Crippen molar-refractivity contribution in [1.82, 2.24) is 10.6 Å². The van der Waals surface area contributed by atoms with Gasteiger partial charge in [0.1, 0.15) is 0 Å². The molecule has 0 aliphatic heterocycles. The van der Waals surface area contributed by atoms with Crippen LogP contribution in [0.5, 0.6) is 0 Å². The van der Waals surface area contributed by atoms with Crippen molar-refractivity contribution in [3.8, 4) is 0 Å². The highest BCUT2D eigenvalue weighted by Gasteiger charge is 1.96. The highest BCUT2D eigenvalue weighted by molar-refractivity contribution is 6.30. The first-order valence-corrected chi connectivity index (χ1v) is 5.33. The molecule has 2 N–H and O–H groups in total. The van der Waals surface area contributed by atoms with E-state index in [0.29, 0.717) is 0 Å². The molecular formula is C11H16ClN3. The Hall–Kier alpha value is -1.22. The topological polar surface area (TPSA) is 36.4 Å². The Morgan fingerprint density at radius 3 is 2.47 bits per heavy atom. The van der Waals surface area contributed by atoms with Gasteiger partial charge in [-0.2, -0.15) is 0 Å². The number of hydrogen-bond acceptors (Lipinski definition) is 1. The average molecular weight is 226 g/mol. The third kappa shape index (κ3) is 4.21. The molecule has 0 spiro atoms. The Kier molecular flexibility index (Phi) is 4.98. The maximum absolute atomic E-state index is 5.79. The van der Waals surface area contributed by atoms with Crippen LogP contribution in [0.3, 0.4) is 0 Å². The van der Waals surface area contributed by atoms with Gasteiger partial charge in [-0.3, -0.25) is 4.99 Å². The smallest absolute Gasteiger partial charge is 0.191 e. The third-order valence-electron chi connectivity index (χ3n) is 1.94. The Morgan fingerprint density at radius 1 is 1.27 bits per heavy atom. The van der Waals surface area contributed by atoms with Crippen LogP contribution in [0.1, 0.15) is 12.5 Å². The van der Waals surface area contributed by atoms with Crippen molar-refractivity contribution in [2.75, 3.05) is 13.6 Å². The molecule has 0 aliphatic carbocycles. The second-order valence-electron chi connectivity index (χ2n) is 3.08. The highest BCUT2D eigenvalue weighted by Crippen LogP contribution is 2.08. The van der Waals surface area contributed by atoms with Crippen molar-refractivity contribution in [1.29, 1.82) is 0 Å². The van der Waals surface area contributed by atoms with Gasteiger partial charge in [-0.05, 0) is 24.6 Å². The second-order valence-corrected chi connectivity index (χ2v) is 3.52. The van der Waals surface area contributed by atoms with Crippen LogP contribution in [-0.2, 0) is 6.54 Å². The normalized spacial score (nSPS) is 11.3. The van der Waals surface area contributed by atoms with Gasteiger partial charge in [-0.1, -0.05) is 23.7 Å². The highest BCUT2D eigenvalue weighted by atomic mass is 35.5. The summed E-state index contributed by atoms with van der Waals surface area (Å²) in [7, 11) is 1.76. The van der Waals surface area contributed by atoms with Gasteiger partial charge in [-0.25, -0.2) is 0 Å². The predicted molar refractivity (Wildman–Crippen MR) is 65.3 cm³/mol. The number of hydrogen-bond donors (Lipinski definition) is 2. The summed E-state index contributed by atoms with van der Waals surface area (Å²) >= 11 is 5.79. The van der Waals surface area contributed by atoms with E-state index in [1.807, 2.05) is 31.2 Å². The van der Waals surface area contributed by atoms with E-state index in [1.165, 1.54) is 5.56 Å². The number of aliphatic imine (C=N–C) groups is 1. The molecule has 0 aliphatic rings. The third-order valence-corrected chi connectivity index (χ3v) is 2.19. The Balaban J connectivity index is 2.46. The molecule has 15 heavy (non-hydrogen) atoms. The summed E-state index contributed by atoms with van der Waals surface area (Å²) < 4.78 is 0. The summed E-state index contributed by atoms with van der Waals surface area (Å²) in [6, 6.07) is 7.76. The molecule has 82 valence electrons. The molecule has 0 heterocycles. The lowest BCUT2D eigenvalue weighted by Gasteiger charge is -2.09. The van der Waals surface area contributed by atoms with Crippen LogP contribution in [0.15, 0.2) is 29.3 Å². The van der Waals surface area contributed by atoms with Gasteiger partial charge < -0.3 is 10.6 Å². The number of benzene rings is 1. The first kappa shape index (κ1) is 11.9. The van der Waals surface area contributed by atoms with E-state index in [4.69, 9.17) is 11.6 Å². The van der Waals surface area contributed by atoms with E-state index < -0.39 is 0 Å². The van der Waals surface area contributed by atoms with Gasteiger partial charge in [0.2, 0.25) is 0 Å². The molecule has 0 radical (unpaired) electrons. The molecule has 1 aromatic carbocycles. The summed E-state index contributed by atoms with van der Waals surface area (Å²) in [5.74, 6) is 0.812. The lowest BCUT2D eigenvalue weighted by molar-refractivity contribution is 0.830. The van der Waals surface area contributed by atoms with E-state index >= 15 is 0 Å². The number of guanidine groups is 1. The summed E-state index contributed by atoms with van der Waals surface area (Å²) in [4.78, 5) is 4.08. The molecule has 4 heteroatoms. The summed E-state index contributed by atoms with van der Waals surface area (Å²) in [5.41, 5.74) is 1.18. The maximum atomic E-state index is 5.79. The van der Waals surface area contributed by atoms with E-state index in [-0.39, 0.29) is 0 Å². The Labute approximate surface area is 95.6 Å². The van der Waals surface area contributed by atoms with E-state index in [2.05, 4.69) is 15.6 Å². The van der Waals surface area contributed by atoms with E-state index in [1.54, 1.807) is 7.05 Å². The largest absolute Gasteiger partial charge is 0.357 e. The molecular weight excluding hydrogens is 210 g/mol. The average Bonchev–Trinajstić information content (AvgIpc) is 2.26. The number of nitrogens with zero attached hydrogens (tertiary/aromatic N) is 1. The van der Waals surface area contributed by atoms with Crippen LogP contribution in [0, 0.1) is 0 Å². The fourth-order valence-electron chi connectivity index (χ4n) is 1.18. The van der Waals surface area contributed by atoms with Crippen LogP contribution >= 0.6 is 11.6 Å². The van der Waals surface area contributed by atoms with Crippen LogP contribution in [0.4, 0.5) is 0 Å². The quantitative estimate of drug-likeness (QED) is 0.610. The number of nitrogens with one attached hydrogen (secondary N) is 2. The SMILES string of the molecule is CCNC(=NC)NCc1ccc(Cl)cc1. The maximum Gasteiger partial charge on any atom is 0.191 e. The number of rotatable bonds is 3. The van der Waals surface area contributed by atoms with Crippen LogP contribution in [0.2, 0.25) is 5.02 Å². The molecule has 1 rings (SSSR count). The molecule has 0 amide bonds. The van der Waals surface area contributed by atoms with Crippen LogP contribution in [-0.4, -0.2) is 19.6 Å². The van der Waals surface area contributed by atoms with Gasteiger partial charge in [0.15, 0.2) is 5.96 Å². The minimum atomic E-state index is 0.747. The van der Waals surface area contributed by atoms with Gasteiger partial charge in [0.05, 0.1) is 0 Å². The molecule has 0 saturated heterocycles. The molecule has 0 aromatic heterocycles.